The van der Waals surface area contributed by atoms with Crippen molar-refractivity contribution < 1.29 is 4.79 Å². The molecule has 0 saturated heterocycles. The zero-order valence-electron chi connectivity index (χ0n) is 14.8. The highest BCUT2D eigenvalue weighted by atomic mass is 35.5. The molecule has 2 aromatic heterocycles. The summed E-state index contributed by atoms with van der Waals surface area (Å²) in [5.74, 6) is 0.123. The minimum absolute atomic E-state index is 0.0172. The second kappa shape index (κ2) is 7.65. The second-order valence-electron chi connectivity index (χ2n) is 7.54. The SMILES string of the molecule is O=C(NCC1(c2ccc(Cl)nc2)CCCCC1)[C@H]1CCCc2ncsc21. The Morgan fingerprint density at radius 2 is 2.08 bits per heavy atom. The molecule has 6 heteroatoms. The normalized spacial score (nSPS) is 21.8. The van der Waals surface area contributed by atoms with Crippen LogP contribution in [0.1, 0.15) is 67.0 Å². The maximum atomic E-state index is 13.0. The number of aromatic nitrogens is 2. The highest BCUT2D eigenvalue weighted by Crippen LogP contribution is 2.40. The van der Waals surface area contributed by atoms with Crippen LogP contribution < -0.4 is 5.32 Å². The van der Waals surface area contributed by atoms with E-state index in [9.17, 15) is 4.79 Å². The van der Waals surface area contributed by atoms with E-state index in [1.54, 1.807) is 11.3 Å². The summed E-state index contributed by atoms with van der Waals surface area (Å²) >= 11 is 7.60. The maximum Gasteiger partial charge on any atom is 0.228 e. The molecule has 1 N–H and O–H groups in total. The average Bonchev–Trinajstić information content (AvgIpc) is 3.16. The van der Waals surface area contributed by atoms with E-state index in [0.717, 1.165) is 37.8 Å². The van der Waals surface area contributed by atoms with Gasteiger partial charge in [0.05, 0.1) is 17.1 Å². The van der Waals surface area contributed by atoms with Crippen LogP contribution >= 0.6 is 22.9 Å². The molecule has 0 bridgehead atoms. The van der Waals surface area contributed by atoms with E-state index < -0.39 is 0 Å². The van der Waals surface area contributed by atoms with Crippen LogP contribution in [0.3, 0.4) is 0 Å². The minimum atomic E-state index is -0.0322. The fraction of sp³-hybridized carbons (Fsp3) is 0.550. The van der Waals surface area contributed by atoms with Gasteiger partial charge in [-0.25, -0.2) is 9.97 Å². The molecule has 0 spiro atoms. The van der Waals surface area contributed by atoms with Gasteiger partial charge in [-0.15, -0.1) is 11.3 Å². The summed E-state index contributed by atoms with van der Waals surface area (Å²) in [5.41, 5.74) is 4.18. The van der Waals surface area contributed by atoms with Gasteiger partial charge in [0.25, 0.3) is 0 Å². The Morgan fingerprint density at radius 3 is 2.85 bits per heavy atom. The van der Waals surface area contributed by atoms with Crippen molar-refractivity contribution in [1.82, 2.24) is 15.3 Å². The number of hydrogen-bond donors (Lipinski definition) is 1. The van der Waals surface area contributed by atoms with Crippen molar-refractivity contribution in [3.63, 3.8) is 0 Å². The van der Waals surface area contributed by atoms with E-state index >= 15 is 0 Å². The lowest BCUT2D eigenvalue weighted by Crippen LogP contribution is -2.44. The van der Waals surface area contributed by atoms with Gasteiger partial charge in [0, 0.05) is 23.0 Å². The Labute approximate surface area is 163 Å². The van der Waals surface area contributed by atoms with Gasteiger partial charge >= 0.3 is 0 Å². The molecular formula is C20H24ClN3OS. The highest BCUT2D eigenvalue weighted by molar-refractivity contribution is 7.10. The van der Waals surface area contributed by atoms with Crippen LogP contribution in [0.2, 0.25) is 5.15 Å². The monoisotopic (exact) mass is 389 g/mol. The topological polar surface area (TPSA) is 54.9 Å². The molecule has 0 aliphatic heterocycles. The number of aryl methyl sites for hydroxylation is 1. The Morgan fingerprint density at radius 1 is 1.23 bits per heavy atom. The van der Waals surface area contributed by atoms with Crippen molar-refractivity contribution in [1.29, 1.82) is 0 Å². The first-order valence-corrected chi connectivity index (χ1v) is 10.8. The molecule has 26 heavy (non-hydrogen) atoms. The van der Waals surface area contributed by atoms with E-state index in [1.165, 1.54) is 29.7 Å². The van der Waals surface area contributed by atoms with Crippen LogP contribution in [0, 0.1) is 0 Å². The Hall–Kier alpha value is -1.46. The maximum absolute atomic E-state index is 13.0. The van der Waals surface area contributed by atoms with Gasteiger partial charge in [0.2, 0.25) is 5.91 Å². The van der Waals surface area contributed by atoms with E-state index in [2.05, 4.69) is 21.4 Å². The van der Waals surface area contributed by atoms with Crippen LogP contribution in [0.4, 0.5) is 0 Å². The van der Waals surface area contributed by atoms with Crippen LogP contribution in [0.25, 0.3) is 0 Å². The third-order valence-corrected chi connectivity index (χ3v) is 7.17. The number of halogens is 1. The summed E-state index contributed by atoms with van der Waals surface area (Å²) in [6.45, 7) is 0.680. The molecule has 2 aliphatic carbocycles. The van der Waals surface area contributed by atoms with Gasteiger partial charge in [-0.3, -0.25) is 4.79 Å². The molecular weight excluding hydrogens is 366 g/mol. The molecule has 0 aromatic carbocycles. The van der Waals surface area contributed by atoms with E-state index in [1.807, 2.05) is 17.8 Å². The third kappa shape index (κ3) is 3.52. The molecule has 1 fully saturated rings. The number of nitrogens with one attached hydrogen (secondary N) is 1. The Balaban J connectivity index is 1.50. The van der Waals surface area contributed by atoms with Crippen molar-refractivity contribution in [2.24, 2.45) is 0 Å². The average molecular weight is 390 g/mol. The molecule has 2 aliphatic rings. The molecule has 0 radical (unpaired) electrons. The van der Waals surface area contributed by atoms with Crippen molar-refractivity contribution in [2.45, 2.75) is 62.7 Å². The number of thiazole rings is 1. The number of rotatable bonds is 4. The number of fused-ring (bicyclic) bond motifs is 1. The zero-order chi connectivity index (χ0) is 18.0. The molecule has 2 heterocycles. The van der Waals surface area contributed by atoms with Crippen LogP contribution in [-0.2, 0) is 16.6 Å². The van der Waals surface area contributed by atoms with Crippen molar-refractivity contribution >= 4 is 28.8 Å². The number of pyridine rings is 1. The number of hydrogen-bond acceptors (Lipinski definition) is 4. The third-order valence-electron chi connectivity index (χ3n) is 5.96. The van der Waals surface area contributed by atoms with Crippen molar-refractivity contribution in [2.75, 3.05) is 6.54 Å². The summed E-state index contributed by atoms with van der Waals surface area (Å²) in [4.78, 5) is 22.8. The van der Waals surface area contributed by atoms with Crippen LogP contribution in [-0.4, -0.2) is 22.4 Å². The first-order chi connectivity index (χ1) is 12.7. The molecule has 4 rings (SSSR count). The molecule has 1 amide bonds. The number of nitrogens with zero attached hydrogens (tertiary/aromatic N) is 2. The van der Waals surface area contributed by atoms with Gasteiger partial charge in [-0.2, -0.15) is 0 Å². The summed E-state index contributed by atoms with van der Waals surface area (Å²) in [6.07, 6.45) is 10.7. The van der Waals surface area contributed by atoms with Crippen molar-refractivity contribution in [3.8, 4) is 0 Å². The van der Waals surface area contributed by atoms with Gasteiger partial charge in [-0.1, -0.05) is 36.9 Å². The first-order valence-electron chi connectivity index (χ1n) is 9.50. The first kappa shape index (κ1) is 17.9. The Kier molecular flexibility index (Phi) is 5.28. The summed E-state index contributed by atoms with van der Waals surface area (Å²) in [7, 11) is 0. The van der Waals surface area contributed by atoms with Gasteiger partial charge < -0.3 is 5.32 Å². The van der Waals surface area contributed by atoms with Gasteiger partial charge in [0.1, 0.15) is 5.15 Å². The number of carbonyl (C=O) groups is 1. The quantitative estimate of drug-likeness (QED) is 0.775. The molecule has 1 saturated carbocycles. The lowest BCUT2D eigenvalue weighted by atomic mass is 9.69. The zero-order valence-corrected chi connectivity index (χ0v) is 16.4. The summed E-state index contributed by atoms with van der Waals surface area (Å²) in [5, 5.41) is 3.80. The van der Waals surface area contributed by atoms with Gasteiger partial charge in [-0.05, 0) is 43.7 Å². The summed E-state index contributed by atoms with van der Waals surface area (Å²) in [6, 6.07) is 3.94. The van der Waals surface area contributed by atoms with Crippen LogP contribution in [0.15, 0.2) is 23.8 Å². The fourth-order valence-electron chi connectivity index (χ4n) is 4.47. The van der Waals surface area contributed by atoms with Crippen molar-refractivity contribution in [3.05, 3.63) is 45.1 Å². The van der Waals surface area contributed by atoms with E-state index in [0.29, 0.717) is 11.7 Å². The largest absolute Gasteiger partial charge is 0.355 e. The standard InChI is InChI=1S/C20H24ClN3OS/c21-17-8-7-14(11-22-17)20(9-2-1-3-10-20)12-23-19(25)15-5-4-6-16-18(15)26-13-24-16/h7-8,11,13,15H,1-6,9-10,12H2,(H,23,25)/t15-/m0/s1. The highest BCUT2D eigenvalue weighted by Gasteiger charge is 2.36. The van der Waals surface area contributed by atoms with E-state index in [4.69, 9.17) is 11.6 Å². The molecule has 1 atom stereocenters. The lowest BCUT2D eigenvalue weighted by molar-refractivity contribution is -0.123. The smallest absolute Gasteiger partial charge is 0.228 e. The molecule has 2 aromatic rings. The van der Waals surface area contributed by atoms with Gasteiger partial charge in [0.15, 0.2) is 0 Å². The lowest BCUT2D eigenvalue weighted by Gasteiger charge is -2.38. The Bertz CT molecular complexity index is 768. The number of carbonyl (C=O) groups excluding carboxylic acids is 1. The fourth-order valence-corrected chi connectivity index (χ4v) is 5.55. The minimum Gasteiger partial charge on any atom is -0.355 e. The number of amides is 1. The van der Waals surface area contributed by atoms with Crippen LogP contribution in [0.5, 0.6) is 0 Å². The second-order valence-corrected chi connectivity index (χ2v) is 8.81. The molecule has 138 valence electrons. The van der Waals surface area contributed by atoms with E-state index in [-0.39, 0.29) is 17.2 Å². The predicted octanol–water partition coefficient (Wildman–Crippen LogP) is 4.63. The predicted molar refractivity (Wildman–Crippen MR) is 105 cm³/mol. The molecule has 4 nitrogen and oxygen atoms in total. The molecule has 0 unspecified atom stereocenters. The summed E-state index contributed by atoms with van der Waals surface area (Å²) < 4.78 is 0.